The summed E-state index contributed by atoms with van der Waals surface area (Å²) in [5, 5.41) is 13.5. The Balaban J connectivity index is 1.79. The second kappa shape index (κ2) is 7.62. The van der Waals surface area contributed by atoms with Gasteiger partial charge in [0.05, 0.1) is 5.60 Å². The minimum atomic E-state index is -0.847. The molecule has 122 valence electrons. The standard InChI is InChI=1S/C19H22ClNO2/c1-19(2,23)16-8-3-15(4-9-16)13-21-18(22)12-7-14-5-10-17(20)11-6-14/h3-6,8-11,23H,7,12-13H2,1-2H3,(H,21,22). The summed E-state index contributed by atoms with van der Waals surface area (Å²) in [4.78, 5) is 11.9. The zero-order valence-electron chi connectivity index (χ0n) is 13.5. The Kier molecular flexibility index (Phi) is 5.80. The summed E-state index contributed by atoms with van der Waals surface area (Å²) in [5.74, 6) is 0.0199. The number of rotatable bonds is 6. The number of hydrogen-bond donors (Lipinski definition) is 2. The van der Waals surface area contributed by atoms with E-state index in [0.29, 0.717) is 24.4 Å². The molecular formula is C19H22ClNO2. The summed E-state index contributed by atoms with van der Waals surface area (Å²) >= 11 is 5.84. The van der Waals surface area contributed by atoms with Gasteiger partial charge in [0.1, 0.15) is 0 Å². The summed E-state index contributed by atoms with van der Waals surface area (Å²) in [6.07, 6.45) is 1.14. The highest BCUT2D eigenvalue weighted by molar-refractivity contribution is 6.30. The van der Waals surface area contributed by atoms with Crippen molar-refractivity contribution in [1.29, 1.82) is 0 Å². The van der Waals surface area contributed by atoms with Crippen LogP contribution in [0.15, 0.2) is 48.5 Å². The Hall–Kier alpha value is -1.84. The lowest BCUT2D eigenvalue weighted by atomic mass is 9.97. The maximum atomic E-state index is 11.9. The Morgan fingerprint density at radius 3 is 2.17 bits per heavy atom. The van der Waals surface area contributed by atoms with Gasteiger partial charge in [-0.25, -0.2) is 0 Å². The van der Waals surface area contributed by atoms with E-state index in [-0.39, 0.29) is 5.91 Å². The number of amides is 1. The van der Waals surface area contributed by atoms with Crippen LogP contribution in [0.5, 0.6) is 0 Å². The van der Waals surface area contributed by atoms with Crippen molar-refractivity contribution in [2.24, 2.45) is 0 Å². The van der Waals surface area contributed by atoms with Crippen molar-refractivity contribution < 1.29 is 9.90 Å². The number of benzene rings is 2. The first-order valence-electron chi connectivity index (χ1n) is 7.67. The summed E-state index contributed by atoms with van der Waals surface area (Å²) in [6, 6.07) is 15.2. The highest BCUT2D eigenvalue weighted by Crippen LogP contribution is 2.19. The molecule has 3 nitrogen and oxygen atoms in total. The number of hydrogen-bond acceptors (Lipinski definition) is 2. The molecule has 0 aliphatic rings. The predicted molar refractivity (Wildman–Crippen MR) is 93.3 cm³/mol. The number of aliphatic hydroxyl groups is 1. The molecule has 0 radical (unpaired) electrons. The number of carbonyl (C=O) groups excluding carboxylic acids is 1. The second-order valence-electron chi connectivity index (χ2n) is 6.16. The van der Waals surface area contributed by atoms with E-state index in [2.05, 4.69) is 5.32 Å². The van der Waals surface area contributed by atoms with Gasteiger partial charge in [0.25, 0.3) is 0 Å². The SMILES string of the molecule is CC(C)(O)c1ccc(CNC(=O)CCc2ccc(Cl)cc2)cc1. The van der Waals surface area contributed by atoms with Crippen LogP contribution in [0.1, 0.15) is 37.0 Å². The van der Waals surface area contributed by atoms with Gasteiger partial charge in [0.2, 0.25) is 5.91 Å². The zero-order valence-corrected chi connectivity index (χ0v) is 14.2. The molecule has 0 heterocycles. The highest BCUT2D eigenvalue weighted by Gasteiger charge is 2.15. The van der Waals surface area contributed by atoms with Crippen LogP contribution in [0.2, 0.25) is 5.02 Å². The lowest BCUT2D eigenvalue weighted by Crippen LogP contribution is -2.23. The zero-order chi connectivity index (χ0) is 16.9. The molecule has 0 aromatic heterocycles. The molecule has 0 unspecified atom stereocenters. The molecule has 2 rings (SSSR count). The topological polar surface area (TPSA) is 49.3 Å². The average Bonchev–Trinajstić information content (AvgIpc) is 2.52. The largest absolute Gasteiger partial charge is 0.386 e. The molecule has 1 amide bonds. The Morgan fingerprint density at radius 1 is 1.04 bits per heavy atom. The fraction of sp³-hybridized carbons (Fsp3) is 0.316. The molecule has 2 aromatic carbocycles. The van der Waals surface area contributed by atoms with Crippen molar-refractivity contribution in [2.75, 3.05) is 0 Å². The lowest BCUT2D eigenvalue weighted by Gasteiger charge is -2.18. The molecule has 0 aliphatic carbocycles. The summed E-state index contributed by atoms with van der Waals surface area (Å²) in [7, 11) is 0. The van der Waals surface area contributed by atoms with Crippen LogP contribution < -0.4 is 5.32 Å². The van der Waals surface area contributed by atoms with E-state index in [1.165, 1.54) is 0 Å². The van der Waals surface area contributed by atoms with Crippen molar-refractivity contribution in [2.45, 2.75) is 38.8 Å². The third-order valence-electron chi connectivity index (χ3n) is 3.70. The van der Waals surface area contributed by atoms with Crippen LogP contribution in [0, 0.1) is 0 Å². The van der Waals surface area contributed by atoms with Crippen LogP contribution >= 0.6 is 11.6 Å². The van der Waals surface area contributed by atoms with Crippen LogP contribution in [0.4, 0.5) is 0 Å². The van der Waals surface area contributed by atoms with Gasteiger partial charge in [-0.05, 0) is 49.1 Å². The van der Waals surface area contributed by atoms with Gasteiger partial charge < -0.3 is 10.4 Å². The van der Waals surface area contributed by atoms with Crippen molar-refractivity contribution in [3.63, 3.8) is 0 Å². The maximum absolute atomic E-state index is 11.9. The van der Waals surface area contributed by atoms with E-state index in [1.54, 1.807) is 13.8 Å². The Labute approximate surface area is 142 Å². The average molecular weight is 332 g/mol. The third kappa shape index (κ3) is 5.70. The van der Waals surface area contributed by atoms with E-state index in [4.69, 9.17) is 11.6 Å². The van der Waals surface area contributed by atoms with Crippen LogP contribution in [0.3, 0.4) is 0 Å². The molecule has 0 saturated carbocycles. The van der Waals surface area contributed by atoms with Gasteiger partial charge in [-0.1, -0.05) is 48.0 Å². The first-order valence-corrected chi connectivity index (χ1v) is 8.05. The van der Waals surface area contributed by atoms with E-state index >= 15 is 0 Å². The van der Waals surface area contributed by atoms with Crippen LogP contribution in [-0.2, 0) is 23.4 Å². The van der Waals surface area contributed by atoms with Crippen molar-refractivity contribution in [3.8, 4) is 0 Å². The Morgan fingerprint density at radius 2 is 1.61 bits per heavy atom. The van der Waals surface area contributed by atoms with Gasteiger partial charge in [-0.3, -0.25) is 4.79 Å². The molecule has 0 fully saturated rings. The van der Waals surface area contributed by atoms with Gasteiger partial charge in [-0.2, -0.15) is 0 Å². The first kappa shape index (κ1) is 17.5. The second-order valence-corrected chi connectivity index (χ2v) is 6.60. The minimum Gasteiger partial charge on any atom is -0.386 e. The minimum absolute atomic E-state index is 0.0199. The molecule has 0 saturated heterocycles. The van der Waals surface area contributed by atoms with E-state index in [0.717, 1.165) is 16.7 Å². The van der Waals surface area contributed by atoms with Crippen molar-refractivity contribution in [3.05, 3.63) is 70.2 Å². The number of carbonyl (C=O) groups is 1. The van der Waals surface area contributed by atoms with E-state index in [9.17, 15) is 9.90 Å². The quantitative estimate of drug-likeness (QED) is 0.845. The molecule has 4 heteroatoms. The van der Waals surface area contributed by atoms with Crippen LogP contribution in [-0.4, -0.2) is 11.0 Å². The molecule has 2 N–H and O–H groups in total. The first-order chi connectivity index (χ1) is 10.8. The van der Waals surface area contributed by atoms with Crippen molar-refractivity contribution >= 4 is 17.5 Å². The molecule has 0 aliphatic heterocycles. The summed E-state index contributed by atoms with van der Waals surface area (Å²) < 4.78 is 0. The molecule has 0 spiro atoms. The van der Waals surface area contributed by atoms with Gasteiger partial charge in [0, 0.05) is 18.0 Å². The van der Waals surface area contributed by atoms with E-state index < -0.39 is 5.60 Å². The fourth-order valence-corrected chi connectivity index (χ4v) is 2.35. The molecule has 23 heavy (non-hydrogen) atoms. The highest BCUT2D eigenvalue weighted by atomic mass is 35.5. The smallest absolute Gasteiger partial charge is 0.220 e. The summed E-state index contributed by atoms with van der Waals surface area (Å²) in [6.45, 7) is 3.99. The van der Waals surface area contributed by atoms with Gasteiger partial charge in [-0.15, -0.1) is 0 Å². The van der Waals surface area contributed by atoms with E-state index in [1.807, 2.05) is 48.5 Å². The predicted octanol–water partition coefficient (Wildman–Crippen LogP) is 3.82. The third-order valence-corrected chi connectivity index (χ3v) is 3.96. The molecule has 2 aromatic rings. The van der Waals surface area contributed by atoms with Crippen LogP contribution in [0.25, 0.3) is 0 Å². The fourth-order valence-electron chi connectivity index (χ4n) is 2.23. The molecular weight excluding hydrogens is 310 g/mol. The summed E-state index contributed by atoms with van der Waals surface area (Å²) in [5.41, 5.74) is 2.12. The lowest BCUT2D eigenvalue weighted by molar-refractivity contribution is -0.121. The van der Waals surface area contributed by atoms with Crippen molar-refractivity contribution in [1.82, 2.24) is 5.32 Å². The van der Waals surface area contributed by atoms with Gasteiger partial charge in [0.15, 0.2) is 0 Å². The van der Waals surface area contributed by atoms with Gasteiger partial charge >= 0.3 is 0 Å². The molecule has 0 atom stereocenters. The monoisotopic (exact) mass is 331 g/mol. The number of aryl methyl sites for hydroxylation is 1. The molecule has 0 bridgehead atoms. The maximum Gasteiger partial charge on any atom is 0.220 e. The number of halogens is 1. The Bertz CT molecular complexity index is 643. The number of nitrogens with one attached hydrogen (secondary N) is 1. The normalized spacial score (nSPS) is 11.3.